The second-order valence-corrected chi connectivity index (χ2v) is 8.00. The van der Waals surface area contributed by atoms with Crippen molar-refractivity contribution >= 4 is 64.6 Å². The van der Waals surface area contributed by atoms with Crippen molar-refractivity contribution < 1.29 is 14.3 Å². The molecule has 0 fully saturated rings. The Balaban J connectivity index is 1.87. The average Bonchev–Trinajstić information content (AvgIpc) is 2.63. The predicted molar refractivity (Wildman–Crippen MR) is 122 cm³/mol. The Bertz CT molecular complexity index is 921. The van der Waals surface area contributed by atoms with Gasteiger partial charge in [0.15, 0.2) is 6.40 Å². The molecule has 2 aromatic carbocycles. The number of hydrogen-bond donors (Lipinski definition) is 2. The van der Waals surface area contributed by atoms with Crippen molar-refractivity contribution in [2.24, 2.45) is 4.99 Å². The number of rotatable bonds is 8. The second kappa shape index (κ2) is 11.4. The third kappa shape index (κ3) is 6.77. The van der Waals surface area contributed by atoms with Crippen LogP contribution in [-0.4, -0.2) is 37.3 Å². The molecule has 0 spiro atoms. The maximum atomic E-state index is 12.1. The molecule has 2 aromatic rings. The van der Waals surface area contributed by atoms with Gasteiger partial charge in [-0.25, -0.2) is 0 Å². The first kappa shape index (κ1) is 24.3. The molecule has 160 valence electrons. The molecule has 0 saturated heterocycles. The van der Waals surface area contributed by atoms with Crippen LogP contribution in [0.15, 0.2) is 35.3 Å². The number of benzene rings is 2. The monoisotopic (exact) mass is 489 g/mol. The molecule has 10 heteroatoms. The highest BCUT2D eigenvalue weighted by Crippen LogP contribution is 2.30. The van der Waals surface area contributed by atoms with Crippen LogP contribution in [0.2, 0.25) is 20.1 Å². The van der Waals surface area contributed by atoms with E-state index >= 15 is 0 Å². The van der Waals surface area contributed by atoms with E-state index < -0.39 is 5.91 Å². The zero-order valence-electron chi connectivity index (χ0n) is 16.1. The van der Waals surface area contributed by atoms with E-state index in [2.05, 4.69) is 15.6 Å². The van der Waals surface area contributed by atoms with E-state index in [-0.39, 0.29) is 56.3 Å². The summed E-state index contributed by atoms with van der Waals surface area (Å²) < 4.78 is 5.37. The van der Waals surface area contributed by atoms with E-state index in [0.717, 1.165) is 0 Å². The predicted octanol–water partition coefficient (Wildman–Crippen LogP) is 5.28. The largest absolute Gasteiger partial charge is 0.446 e. The summed E-state index contributed by atoms with van der Waals surface area (Å²) in [6, 6.07) is 7.71. The molecule has 2 N–H and O–H groups in total. The molecule has 0 radical (unpaired) electrons. The van der Waals surface area contributed by atoms with E-state index in [1.165, 1.54) is 18.5 Å². The molecule has 0 bridgehead atoms. The zero-order chi connectivity index (χ0) is 22.3. The number of carbonyl (C=O) groups excluding carboxylic acids is 2. The summed E-state index contributed by atoms with van der Waals surface area (Å²) in [6.45, 7) is 4.17. The lowest BCUT2D eigenvalue weighted by Crippen LogP contribution is -2.30. The Kier molecular flexibility index (Phi) is 9.24. The van der Waals surface area contributed by atoms with Crippen LogP contribution in [-0.2, 0) is 0 Å². The molecule has 2 rings (SSSR count). The Morgan fingerprint density at radius 1 is 1.00 bits per heavy atom. The number of nitrogens with one attached hydrogen (secondary N) is 2. The molecule has 0 atom stereocenters. The highest BCUT2D eigenvalue weighted by atomic mass is 35.5. The quantitative estimate of drug-likeness (QED) is 0.300. The fourth-order valence-corrected chi connectivity index (χ4v) is 3.56. The van der Waals surface area contributed by atoms with Crippen molar-refractivity contribution in [3.63, 3.8) is 0 Å². The first-order valence-electron chi connectivity index (χ1n) is 8.87. The van der Waals surface area contributed by atoms with Gasteiger partial charge in [0.1, 0.15) is 5.75 Å². The standard InChI is InChI=1S/C20H19Cl4N3O3/c1-11(2)27-20(29)18-15(23)8-12(9-16(18)24)30-10-25-6-7-26-19(28)17-13(21)4-3-5-14(17)22/h3-5,8-11H,6-7H2,1-2H3,(H,26,28)(H,27,29). The number of ether oxygens (including phenoxy) is 1. The van der Waals surface area contributed by atoms with Gasteiger partial charge in [-0.3, -0.25) is 14.6 Å². The summed E-state index contributed by atoms with van der Waals surface area (Å²) >= 11 is 24.3. The Hall–Kier alpha value is -1.99. The fraction of sp³-hybridized carbons (Fsp3) is 0.250. The minimum atomic E-state index is -0.393. The minimum Gasteiger partial charge on any atom is -0.446 e. The number of amides is 2. The van der Waals surface area contributed by atoms with Crippen LogP contribution in [0.4, 0.5) is 0 Å². The number of hydrogen-bond acceptors (Lipinski definition) is 4. The van der Waals surface area contributed by atoms with Crippen LogP contribution in [0, 0.1) is 0 Å². The smallest absolute Gasteiger partial charge is 0.254 e. The molecule has 30 heavy (non-hydrogen) atoms. The van der Waals surface area contributed by atoms with E-state index in [1.807, 2.05) is 13.8 Å². The summed E-state index contributed by atoms with van der Waals surface area (Å²) in [7, 11) is 0. The molecule has 0 aliphatic rings. The van der Waals surface area contributed by atoms with Crippen molar-refractivity contribution in [3.05, 3.63) is 61.5 Å². The Morgan fingerprint density at radius 3 is 2.13 bits per heavy atom. The first-order valence-corrected chi connectivity index (χ1v) is 10.4. The summed E-state index contributed by atoms with van der Waals surface area (Å²) in [6.07, 6.45) is 1.20. The molecule has 0 saturated carbocycles. The highest BCUT2D eigenvalue weighted by molar-refractivity contribution is 6.40. The summed E-state index contributed by atoms with van der Waals surface area (Å²) in [5, 5.41) is 6.26. The van der Waals surface area contributed by atoms with Gasteiger partial charge in [-0.1, -0.05) is 52.5 Å². The lowest BCUT2D eigenvalue weighted by Gasteiger charge is -2.12. The summed E-state index contributed by atoms with van der Waals surface area (Å²) in [5.41, 5.74) is 0.393. The van der Waals surface area contributed by atoms with Gasteiger partial charge >= 0.3 is 0 Å². The molecule has 2 amide bonds. The van der Waals surface area contributed by atoms with Crippen LogP contribution in [0.5, 0.6) is 5.75 Å². The zero-order valence-corrected chi connectivity index (χ0v) is 19.2. The maximum Gasteiger partial charge on any atom is 0.254 e. The number of aliphatic imine (C=N–C) groups is 1. The van der Waals surface area contributed by atoms with Crippen LogP contribution >= 0.6 is 46.4 Å². The van der Waals surface area contributed by atoms with Gasteiger partial charge in [-0.05, 0) is 26.0 Å². The van der Waals surface area contributed by atoms with Gasteiger partial charge in [0, 0.05) is 24.7 Å². The van der Waals surface area contributed by atoms with E-state index in [9.17, 15) is 9.59 Å². The van der Waals surface area contributed by atoms with Crippen LogP contribution < -0.4 is 15.4 Å². The SMILES string of the molecule is CC(C)NC(=O)c1c(Cl)cc(OC=NCCNC(=O)c2c(Cl)cccc2Cl)cc1Cl. The van der Waals surface area contributed by atoms with Gasteiger partial charge in [0.2, 0.25) is 0 Å². The lowest BCUT2D eigenvalue weighted by atomic mass is 10.2. The molecular formula is C20H19Cl4N3O3. The Labute approximate surface area is 194 Å². The second-order valence-electron chi connectivity index (χ2n) is 6.37. The van der Waals surface area contributed by atoms with Crippen molar-refractivity contribution in [2.75, 3.05) is 13.1 Å². The van der Waals surface area contributed by atoms with Gasteiger partial charge < -0.3 is 15.4 Å². The molecule has 6 nitrogen and oxygen atoms in total. The molecule has 0 aromatic heterocycles. The first-order chi connectivity index (χ1) is 14.2. The van der Waals surface area contributed by atoms with E-state index in [0.29, 0.717) is 5.75 Å². The molecule has 0 aliphatic carbocycles. The van der Waals surface area contributed by atoms with Crippen LogP contribution in [0.1, 0.15) is 34.6 Å². The summed E-state index contributed by atoms with van der Waals surface area (Å²) in [4.78, 5) is 28.3. The molecule has 0 aliphatic heterocycles. The van der Waals surface area contributed by atoms with E-state index in [1.54, 1.807) is 18.2 Å². The maximum absolute atomic E-state index is 12.1. The fourth-order valence-electron chi connectivity index (χ4n) is 2.36. The number of halogens is 4. The van der Waals surface area contributed by atoms with Crippen molar-refractivity contribution in [2.45, 2.75) is 19.9 Å². The summed E-state index contributed by atoms with van der Waals surface area (Å²) in [5.74, 6) is -0.438. The van der Waals surface area contributed by atoms with Crippen LogP contribution in [0.25, 0.3) is 0 Å². The van der Waals surface area contributed by atoms with Crippen molar-refractivity contribution in [3.8, 4) is 5.75 Å². The third-order valence-electron chi connectivity index (χ3n) is 3.64. The molecular weight excluding hydrogens is 472 g/mol. The number of carbonyl (C=O) groups is 2. The average molecular weight is 491 g/mol. The van der Waals surface area contributed by atoms with Gasteiger partial charge in [-0.2, -0.15) is 0 Å². The molecule has 0 unspecified atom stereocenters. The lowest BCUT2D eigenvalue weighted by molar-refractivity contribution is 0.0939. The van der Waals surface area contributed by atoms with Crippen molar-refractivity contribution in [1.29, 1.82) is 0 Å². The Morgan fingerprint density at radius 2 is 1.57 bits per heavy atom. The van der Waals surface area contributed by atoms with Gasteiger partial charge in [0.25, 0.3) is 11.8 Å². The van der Waals surface area contributed by atoms with Gasteiger partial charge in [0.05, 0.1) is 37.8 Å². The molecule has 0 heterocycles. The third-order valence-corrected chi connectivity index (χ3v) is 4.87. The van der Waals surface area contributed by atoms with E-state index in [4.69, 9.17) is 51.1 Å². The topological polar surface area (TPSA) is 79.8 Å². The number of nitrogens with zero attached hydrogens (tertiary/aromatic N) is 1. The normalized spacial score (nSPS) is 11.0. The minimum absolute atomic E-state index is 0.0536. The van der Waals surface area contributed by atoms with Crippen LogP contribution in [0.3, 0.4) is 0 Å². The van der Waals surface area contributed by atoms with Crippen molar-refractivity contribution in [1.82, 2.24) is 10.6 Å². The van der Waals surface area contributed by atoms with Gasteiger partial charge in [-0.15, -0.1) is 0 Å². The highest BCUT2D eigenvalue weighted by Gasteiger charge is 2.17.